The summed E-state index contributed by atoms with van der Waals surface area (Å²) in [4.78, 5) is 24.1. The van der Waals surface area contributed by atoms with E-state index < -0.39 is 23.1 Å². The minimum Gasteiger partial charge on any atom is -0.378 e. The van der Waals surface area contributed by atoms with Crippen LogP contribution in [-0.4, -0.2) is 42.2 Å². The van der Waals surface area contributed by atoms with Gasteiger partial charge in [-0.1, -0.05) is 17.4 Å². The Balaban J connectivity index is 1.58. The molecule has 1 aliphatic rings. The summed E-state index contributed by atoms with van der Waals surface area (Å²) < 4.78 is 33.0. The van der Waals surface area contributed by atoms with Crippen LogP contribution < -0.4 is 10.2 Å². The van der Waals surface area contributed by atoms with E-state index in [4.69, 9.17) is 4.74 Å². The molecule has 0 radical (unpaired) electrons. The predicted molar refractivity (Wildman–Crippen MR) is 107 cm³/mol. The molecular formula is C20H18F2N4O2S. The number of carbonyl (C=O) groups excluding carboxylic acids is 1. The molecule has 1 saturated heterocycles. The number of morpholine rings is 1. The van der Waals surface area contributed by atoms with Crippen molar-refractivity contribution >= 4 is 28.2 Å². The lowest BCUT2D eigenvalue weighted by molar-refractivity contribution is 0.101. The molecule has 1 N–H and O–H groups in total. The number of thiazole rings is 1. The molecule has 1 fully saturated rings. The number of anilines is 2. The molecule has 9 heteroatoms. The molecular weight excluding hydrogens is 398 g/mol. The third kappa shape index (κ3) is 4.10. The summed E-state index contributed by atoms with van der Waals surface area (Å²) in [6.45, 7) is 4.68. The highest BCUT2D eigenvalue weighted by atomic mass is 32.1. The van der Waals surface area contributed by atoms with Crippen molar-refractivity contribution in [2.75, 3.05) is 36.5 Å². The molecule has 0 saturated carbocycles. The summed E-state index contributed by atoms with van der Waals surface area (Å²) in [5.41, 5.74) is 0.993. The van der Waals surface area contributed by atoms with Gasteiger partial charge >= 0.3 is 0 Å². The van der Waals surface area contributed by atoms with Gasteiger partial charge in [-0.25, -0.2) is 18.7 Å². The van der Waals surface area contributed by atoms with Crippen LogP contribution in [-0.2, 0) is 4.74 Å². The zero-order valence-corrected chi connectivity index (χ0v) is 16.4. The van der Waals surface area contributed by atoms with Gasteiger partial charge in [0.1, 0.15) is 23.0 Å². The molecule has 3 heterocycles. The van der Waals surface area contributed by atoms with Crippen molar-refractivity contribution in [2.24, 2.45) is 0 Å². The SMILES string of the molecule is Cc1nc(NC(=O)c2c(F)cccc2F)sc1-c1ccnc(N2CCOCC2)c1. The van der Waals surface area contributed by atoms with E-state index in [1.807, 2.05) is 19.1 Å². The Morgan fingerprint density at radius 2 is 1.93 bits per heavy atom. The first-order valence-electron chi connectivity index (χ1n) is 9.05. The van der Waals surface area contributed by atoms with Crippen LogP contribution in [0, 0.1) is 18.6 Å². The zero-order valence-electron chi connectivity index (χ0n) is 15.6. The van der Waals surface area contributed by atoms with E-state index in [0.29, 0.717) is 18.9 Å². The first kappa shape index (κ1) is 19.4. The molecule has 4 rings (SSSR count). The summed E-state index contributed by atoms with van der Waals surface area (Å²) in [5, 5.41) is 2.77. The Bertz CT molecular complexity index is 1030. The maximum absolute atomic E-state index is 13.8. The maximum Gasteiger partial charge on any atom is 0.263 e. The van der Waals surface area contributed by atoms with Crippen molar-refractivity contribution in [3.05, 3.63) is 59.4 Å². The predicted octanol–water partition coefficient (Wildman–Crippen LogP) is 3.88. The quantitative estimate of drug-likeness (QED) is 0.699. The average Bonchev–Trinajstić information content (AvgIpc) is 3.08. The van der Waals surface area contributed by atoms with Crippen molar-refractivity contribution in [3.8, 4) is 10.4 Å². The number of pyridine rings is 1. The number of amides is 1. The summed E-state index contributed by atoms with van der Waals surface area (Å²) in [7, 11) is 0. The highest BCUT2D eigenvalue weighted by Gasteiger charge is 2.20. The summed E-state index contributed by atoms with van der Waals surface area (Å²) in [6.07, 6.45) is 1.73. The fraction of sp³-hybridized carbons (Fsp3) is 0.250. The van der Waals surface area contributed by atoms with Gasteiger partial charge in [-0.2, -0.15) is 0 Å². The lowest BCUT2D eigenvalue weighted by Crippen LogP contribution is -2.36. The minimum absolute atomic E-state index is 0.273. The van der Waals surface area contributed by atoms with E-state index in [1.54, 1.807) is 6.20 Å². The number of nitrogens with zero attached hydrogens (tertiary/aromatic N) is 3. The topological polar surface area (TPSA) is 67.4 Å². The van der Waals surface area contributed by atoms with Gasteiger partial charge in [-0.15, -0.1) is 0 Å². The van der Waals surface area contributed by atoms with E-state index in [2.05, 4.69) is 20.2 Å². The van der Waals surface area contributed by atoms with Crippen molar-refractivity contribution in [2.45, 2.75) is 6.92 Å². The number of hydrogen-bond acceptors (Lipinski definition) is 6. The van der Waals surface area contributed by atoms with Crippen molar-refractivity contribution in [3.63, 3.8) is 0 Å². The van der Waals surface area contributed by atoms with Crippen LogP contribution in [0.3, 0.4) is 0 Å². The summed E-state index contributed by atoms with van der Waals surface area (Å²) in [5.74, 6) is -1.86. The largest absolute Gasteiger partial charge is 0.378 e. The van der Waals surface area contributed by atoms with E-state index >= 15 is 0 Å². The second kappa shape index (κ2) is 8.22. The molecule has 3 aromatic rings. The number of ether oxygens (including phenoxy) is 1. The Morgan fingerprint density at radius 3 is 2.66 bits per heavy atom. The molecule has 0 unspecified atom stereocenters. The Kier molecular flexibility index (Phi) is 5.50. The van der Waals surface area contributed by atoms with Crippen LogP contribution in [0.15, 0.2) is 36.5 Å². The number of halogens is 2. The first-order valence-corrected chi connectivity index (χ1v) is 9.86. The van der Waals surface area contributed by atoms with Gasteiger partial charge in [0.25, 0.3) is 5.91 Å². The number of nitrogens with one attached hydrogen (secondary N) is 1. The first-order chi connectivity index (χ1) is 14.0. The van der Waals surface area contributed by atoms with Crippen LogP contribution >= 0.6 is 11.3 Å². The second-order valence-corrected chi connectivity index (χ2v) is 7.49. The molecule has 1 aromatic carbocycles. The van der Waals surface area contributed by atoms with Gasteiger partial charge in [-0.3, -0.25) is 10.1 Å². The van der Waals surface area contributed by atoms with Gasteiger partial charge in [-0.05, 0) is 36.8 Å². The molecule has 1 amide bonds. The van der Waals surface area contributed by atoms with Gasteiger partial charge in [0, 0.05) is 19.3 Å². The highest BCUT2D eigenvalue weighted by molar-refractivity contribution is 7.19. The molecule has 1 aliphatic heterocycles. The standard InChI is InChI=1S/C20H18F2N4O2S/c1-12-18(13-5-6-23-16(11-13)26-7-9-28-10-8-26)29-20(24-12)25-19(27)17-14(21)3-2-4-15(17)22/h2-6,11H,7-10H2,1H3,(H,24,25,27). The number of aryl methyl sites for hydroxylation is 1. The van der Waals surface area contributed by atoms with Crippen molar-refractivity contribution in [1.29, 1.82) is 0 Å². The molecule has 0 bridgehead atoms. The van der Waals surface area contributed by atoms with E-state index in [-0.39, 0.29) is 5.13 Å². The van der Waals surface area contributed by atoms with Gasteiger partial charge in [0.2, 0.25) is 0 Å². The summed E-state index contributed by atoms with van der Waals surface area (Å²) >= 11 is 1.24. The van der Waals surface area contributed by atoms with Crippen LogP contribution in [0.5, 0.6) is 0 Å². The zero-order chi connectivity index (χ0) is 20.4. The van der Waals surface area contributed by atoms with E-state index in [0.717, 1.165) is 41.5 Å². The monoisotopic (exact) mass is 416 g/mol. The number of aromatic nitrogens is 2. The van der Waals surface area contributed by atoms with E-state index in [9.17, 15) is 13.6 Å². The highest BCUT2D eigenvalue weighted by Crippen LogP contribution is 2.34. The lowest BCUT2D eigenvalue weighted by Gasteiger charge is -2.27. The second-order valence-electron chi connectivity index (χ2n) is 6.49. The normalized spacial score (nSPS) is 14.1. The number of hydrogen-bond donors (Lipinski definition) is 1. The molecule has 6 nitrogen and oxygen atoms in total. The van der Waals surface area contributed by atoms with Gasteiger partial charge in [0.05, 0.1) is 23.8 Å². The summed E-state index contributed by atoms with van der Waals surface area (Å²) in [6, 6.07) is 7.13. The van der Waals surface area contributed by atoms with Crippen molar-refractivity contribution in [1.82, 2.24) is 9.97 Å². The Labute approximate surface area is 170 Å². The minimum atomic E-state index is -0.916. The number of benzene rings is 1. The molecule has 0 spiro atoms. The fourth-order valence-electron chi connectivity index (χ4n) is 3.12. The molecule has 0 atom stereocenters. The third-order valence-corrected chi connectivity index (χ3v) is 5.67. The van der Waals surface area contributed by atoms with Crippen molar-refractivity contribution < 1.29 is 18.3 Å². The number of rotatable bonds is 4. The number of carbonyl (C=O) groups is 1. The molecule has 0 aliphatic carbocycles. The van der Waals surface area contributed by atoms with Crippen LogP contribution in [0.25, 0.3) is 10.4 Å². The van der Waals surface area contributed by atoms with Crippen LogP contribution in [0.1, 0.15) is 16.1 Å². The smallest absolute Gasteiger partial charge is 0.263 e. The third-order valence-electron chi connectivity index (χ3n) is 4.55. The van der Waals surface area contributed by atoms with Crippen LogP contribution in [0.2, 0.25) is 0 Å². The van der Waals surface area contributed by atoms with Gasteiger partial charge < -0.3 is 9.64 Å². The molecule has 29 heavy (non-hydrogen) atoms. The lowest BCUT2D eigenvalue weighted by atomic mass is 10.2. The Morgan fingerprint density at radius 1 is 1.21 bits per heavy atom. The van der Waals surface area contributed by atoms with Crippen LogP contribution in [0.4, 0.5) is 19.7 Å². The van der Waals surface area contributed by atoms with Gasteiger partial charge in [0.15, 0.2) is 5.13 Å². The van der Waals surface area contributed by atoms with E-state index in [1.165, 1.54) is 17.4 Å². The average molecular weight is 416 g/mol. The molecule has 150 valence electrons. The molecule has 2 aromatic heterocycles. The fourth-order valence-corrected chi connectivity index (χ4v) is 4.07. The maximum atomic E-state index is 13.8. The Hall–Kier alpha value is -2.91.